The van der Waals surface area contributed by atoms with Gasteiger partial charge in [0.05, 0.1) is 12.1 Å². The predicted octanol–water partition coefficient (Wildman–Crippen LogP) is 2.43. The van der Waals surface area contributed by atoms with Gasteiger partial charge in [-0.3, -0.25) is 0 Å². The number of rotatable bonds is 3. The van der Waals surface area contributed by atoms with Gasteiger partial charge in [-0.2, -0.15) is 0 Å². The summed E-state index contributed by atoms with van der Waals surface area (Å²) in [7, 11) is -2.17. The van der Waals surface area contributed by atoms with Crippen LogP contribution in [0.5, 0.6) is 5.75 Å². The SMILES string of the molecule is COc1ccc(Cl)c(S(=O)(=O)NC(C)(C)C)c1. The summed E-state index contributed by atoms with van der Waals surface area (Å²) in [6, 6.07) is 4.51. The normalized spacial score (nSPS) is 12.5. The Morgan fingerprint density at radius 1 is 1.29 bits per heavy atom. The van der Waals surface area contributed by atoms with E-state index in [1.54, 1.807) is 26.8 Å². The van der Waals surface area contributed by atoms with Crippen LogP contribution in [0, 0.1) is 0 Å². The quantitative estimate of drug-likeness (QED) is 0.923. The molecule has 0 radical (unpaired) electrons. The number of hydrogen-bond acceptors (Lipinski definition) is 3. The molecule has 0 aliphatic heterocycles. The van der Waals surface area contributed by atoms with Gasteiger partial charge < -0.3 is 4.74 Å². The van der Waals surface area contributed by atoms with Crippen LogP contribution in [0.1, 0.15) is 20.8 Å². The fraction of sp³-hybridized carbons (Fsp3) is 0.455. The second kappa shape index (κ2) is 4.84. The van der Waals surface area contributed by atoms with E-state index >= 15 is 0 Å². The van der Waals surface area contributed by atoms with Gasteiger partial charge >= 0.3 is 0 Å². The molecular weight excluding hydrogens is 262 g/mol. The monoisotopic (exact) mass is 277 g/mol. The first-order chi connectivity index (χ1) is 7.65. The van der Waals surface area contributed by atoms with Gasteiger partial charge in [-0.1, -0.05) is 11.6 Å². The van der Waals surface area contributed by atoms with Crippen LogP contribution >= 0.6 is 11.6 Å². The highest BCUT2D eigenvalue weighted by molar-refractivity contribution is 7.89. The Labute approximate surface area is 107 Å². The van der Waals surface area contributed by atoms with E-state index < -0.39 is 15.6 Å². The zero-order valence-electron chi connectivity index (χ0n) is 10.2. The van der Waals surface area contributed by atoms with E-state index in [0.717, 1.165) is 0 Å². The van der Waals surface area contributed by atoms with Gasteiger partial charge in [0.1, 0.15) is 10.6 Å². The van der Waals surface area contributed by atoms with Crippen molar-refractivity contribution in [1.29, 1.82) is 0 Å². The van der Waals surface area contributed by atoms with E-state index in [1.807, 2.05) is 0 Å². The minimum atomic E-state index is -3.64. The third kappa shape index (κ3) is 3.87. The van der Waals surface area contributed by atoms with E-state index in [0.29, 0.717) is 5.75 Å². The molecule has 0 bridgehead atoms. The van der Waals surface area contributed by atoms with Crippen molar-refractivity contribution in [1.82, 2.24) is 4.72 Å². The van der Waals surface area contributed by atoms with Crippen molar-refractivity contribution < 1.29 is 13.2 Å². The predicted molar refractivity (Wildman–Crippen MR) is 68.1 cm³/mol. The molecule has 1 aromatic carbocycles. The van der Waals surface area contributed by atoms with Crippen molar-refractivity contribution in [2.75, 3.05) is 7.11 Å². The molecule has 1 rings (SSSR count). The number of ether oxygens (including phenoxy) is 1. The molecule has 0 heterocycles. The van der Waals surface area contributed by atoms with Crippen molar-refractivity contribution >= 4 is 21.6 Å². The van der Waals surface area contributed by atoms with Crippen molar-refractivity contribution in [3.63, 3.8) is 0 Å². The summed E-state index contributed by atoms with van der Waals surface area (Å²) in [6.07, 6.45) is 0. The van der Waals surface area contributed by atoms with Crippen LogP contribution in [0.4, 0.5) is 0 Å². The Morgan fingerprint density at radius 2 is 1.88 bits per heavy atom. The number of halogens is 1. The van der Waals surface area contributed by atoms with Crippen molar-refractivity contribution in [2.45, 2.75) is 31.2 Å². The lowest BCUT2D eigenvalue weighted by molar-refractivity contribution is 0.413. The van der Waals surface area contributed by atoms with Crippen LogP contribution in [0.25, 0.3) is 0 Å². The fourth-order valence-electron chi connectivity index (χ4n) is 1.27. The number of hydrogen-bond donors (Lipinski definition) is 1. The molecule has 0 saturated heterocycles. The average Bonchev–Trinajstić information content (AvgIpc) is 2.14. The molecule has 0 fully saturated rings. The third-order valence-corrected chi connectivity index (χ3v) is 4.11. The Kier molecular flexibility index (Phi) is 4.06. The van der Waals surface area contributed by atoms with Crippen LogP contribution in [0.2, 0.25) is 5.02 Å². The third-order valence-electron chi connectivity index (χ3n) is 1.87. The summed E-state index contributed by atoms with van der Waals surface area (Å²) < 4.78 is 31.7. The van der Waals surface area contributed by atoms with Gasteiger partial charge in [-0.25, -0.2) is 13.1 Å². The first-order valence-electron chi connectivity index (χ1n) is 5.03. The minimum Gasteiger partial charge on any atom is -0.497 e. The average molecular weight is 278 g/mol. The van der Waals surface area contributed by atoms with Crippen molar-refractivity contribution in [2.24, 2.45) is 0 Å². The van der Waals surface area contributed by atoms with Gasteiger partial charge in [0, 0.05) is 11.6 Å². The highest BCUT2D eigenvalue weighted by Gasteiger charge is 2.24. The molecule has 1 aromatic rings. The van der Waals surface area contributed by atoms with Gasteiger partial charge in [0.25, 0.3) is 0 Å². The van der Waals surface area contributed by atoms with E-state index in [4.69, 9.17) is 16.3 Å². The molecular formula is C11H16ClNO3S. The van der Waals surface area contributed by atoms with Crippen molar-refractivity contribution in [3.05, 3.63) is 23.2 Å². The summed E-state index contributed by atoms with van der Waals surface area (Å²) in [5.41, 5.74) is -0.564. The maximum atomic E-state index is 12.1. The number of sulfonamides is 1. The molecule has 0 saturated carbocycles. The molecule has 1 N–H and O–H groups in total. The molecule has 96 valence electrons. The van der Waals surface area contributed by atoms with Crippen LogP contribution in [-0.2, 0) is 10.0 Å². The highest BCUT2D eigenvalue weighted by Crippen LogP contribution is 2.26. The molecule has 0 spiro atoms. The first kappa shape index (κ1) is 14.3. The van der Waals surface area contributed by atoms with Gasteiger partial charge in [-0.05, 0) is 32.9 Å². The summed E-state index contributed by atoms with van der Waals surface area (Å²) >= 11 is 5.89. The van der Waals surface area contributed by atoms with Gasteiger partial charge in [-0.15, -0.1) is 0 Å². The highest BCUT2D eigenvalue weighted by atomic mass is 35.5. The molecule has 0 atom stereocenters. The number of methoxy groups -OCH3 is 1. The van der Waals surface area contributed by atoms with Crippen molar-refractivity contribution in [3.8, 4) is 5.75 Å². The lowest BCUT2D eigenvalue weighted by Crippen LogP contribution is -2.40. The Hall–Kier alpha value is -0.780. The number of benzene rings is 1. The molecule has 0 aliphatic rings. The summed E-state index contributed by atoms with van der Waals surface area (Å²) in [6.45, 7) is 5.29. The first-order valence-corrected chi connectivity index (χ1v) is 6.89. The molecule has 17 heavy (non-hydrogen) atoms. The topological polar surface area (TPSA) is 55.4 Å². The zero-order valence-corrected chi connectivity index (χ0v) is 11.8. The smallest absolute Gasteiger partial charge is 0.242 e. The standard InChI is InChI=1S/C11H16ClNO3S/c1-11(2,3)13-17(14,15)10-7-8(16-4)5-6-9(10)12/h5-7,13H,1-4H3. The van der Waals surface area contributed by atoms with E-state index in [1.165, 1.54) is 19.2 Å². The van der Waals surface area contributed by atoms with Gasteiger partial charge in [0.15, 0.2) is 0 Å². The largest absolute Gasteiger partial charge is 0.497 e. The number of nitrogens with one attached hydrogen (secondary N) is 1. The van der Waals surface area contributed by atoms with Crippen LogP contribution in [0.15, 0.2) is 23.1 Å². The lowest BCUT2D eigenvalue weighted by Gasteiger charge is -2.21. The Morgan fingerprint density at radius 3 is 2.35 bits per heavy atom. The second-order valence-corrected chi connectivity index (χ2v) is 6.71. The van der Waals surface area contributed by atoms with Crippen LogP contribution in [-0.4, -0.2) is 21.1 Å². The summed E-state index contributed by atoms with van der Waals surface area (Å²) in [4.78, 5) is 0.0217. The van der Waals surface area contributed by atoms with E-state index in [9.17, 15) is 8.42 Å². The molecule has 6 heteroatoms. The molecule has 0 aromatic heterocycles. The molecule has 0 amide bonds. The molecule has 4 nitrogen and oxygen atoms in total. The summed E-state index contributed by atoms with van der Waals surface area (Å²) in [5, 5.41) is 0.169. The lowest BCUT2D eigenvalue weighted by atomic mass is 10.1. The minimum absolute atomic E-state index is 0.0217. The van der Waals surface area contributed by atoms with Gasteiger partial charge in [0.2, 0.25) is 10.0 Å². The zero-order chi connectivity index (χ0) is 13.3. The van der Waals surface area contributed by atoms with Crippen LogP contribution < -0.4 is 9.46 Å². The van der Waals surface area contributed by atoms with E-state index in [-0.39, 0.29) is 9.92 Å². The maximum Gasteiger partial charge on any atom is 0.242 e. The molecule has 0 aliphatic carbocycles. The maximum absolute atomic E-state index is 12.1. The Bertz CT molecular complexity index is 506. The fourth-order valence-corrected chi connectivity index (χ4v) is 3.21. The Balaban J connectivity index is 3.23. The van der Waals surface area contributed by atoms with Crippen LogP contribution in [0.3, 0.4) is 0 Å². The molecule has 0 unspecified atom stereocenters. The van der Waals surface area contributed by atoms with E-state index in [2.05, 4.69) is 4.72 Å². The second-order valence-electron chi connectivity index (χ2n) is 4.65. The summed E-state index contributed by atoms with van der Waals surface area (Å²) in [5.74, 6) is 0.448.